The second kappa shape index (κ2) is 12.6. The van der Waals surface area contributed by atoms with Gasteiger partial charge in [0.2, 0.25) is 0 Å². The van der Waals surface area contributed by atoms with E-state index in [9.17, 15) is 0 Å². The molecular weight excluding hydrogens is 745 g/mol. The molecule has 0 unspecified atom stereocenters. The lowest BCUT2D eigenvalue weighted by Crippen LogP contribution is -2.16. The van der Waals surface area contributed by atoms with E-state index in [4.69, 9.17) is 8.83 Å². The highest BCUT2D eigenvalue weighted by Gasteiger charge is 2.36. The number of benzene rings is 9. The highest BCUT2D eigenvalue weighted by molar-refractivity contribution is 6.29. The highest BCUT2D eigenvalue weighted by Crippen LogP contribution is 2.52. The number of aromatic nitrogens is 1. The third kappa shape index (κ3) is 4.82. The topological polar surface area (TPSA) is 34.5 Å². The molecule has 0 fully saturated rings. The first-order chi connectivity index (χ1) is 30.0. The van der Waals surface area contributed by atoms with Crippen LogP contribution >= 0.6 is 0 Å². The predicted octanol–water partition coefficient (Wildman–Crippen LogP) is 16.0. The number of fused-ring (bicyclic) bond motifs is 12. The fourth-order valence-electron chi connectivity index (χ4n) is 10.4. The summed E-state index contributed by atoms with van der Waals surface area (Å²) in [6.45, 7) is 4.69. The Morgan fingerprint density at radius 3 is 1.87 bits per heavy atom. The Bertz CT molecular complexity index is 3730. The Labute approximate surface area is 352 Å². The number of rotatable bonds is 5. The van der Waals surface area contributed by atoms with Crippen molar-refractivity contribution >= 4 is 82.7 Å². The average molecular weight is 783 g/mol. The minimum atomic E-state index is -0.106. The Balaban J connectivity index is 1.03. The number of hydrogen-bond acceptors (Lipinski definition) is 3. The second-order valence-corrected chi connectivity index (χ2v) is 16.8. The molecule has 0 atom stereocenters. The molecule has 12 aromatic rings. The van der Waals surface area contributed by atoms with Gasteiger partial charge in [-0.2, -0.15) is 0 Å². The van der Waals surface area contributed by atoms with Crippen molar-refractivity contribution in [2.24, 2.45) is 0 Å². The van der Waals surface area contributed by atoms with Crippen molar-refractivity contribution in [1.82, 2.24) is 4.57 Å². The van der Waals surface area contributed by atoms with Crippen LogP contribution in [-0.2, 0) is 5.41 Å². The van der Waals surface area contributed by atoms with Crippen LogP contribution in [0.2, 0.25) is 0 Å². The van der Waals surface area contributed by atoms with Gasteiger partial charge < -0.3 is 18.3 Å². The number of nitrogens with zero attached hydrogens (tertiary/aromatic N) is 2. The molecule has 0 saturated heterocycles. The summed E-state index contributed by atoms with van der Waals surface area (Å²) in [5, 5.41) is 6.73. The van der Waals surface area contributed by atoms with Gasteiger partial charge in [0.15, 0.2) is 0 Å². The van der Waals surface area contributed by atoms with Gasteiger partial charge >= 0.3 is 0 Å². The van der Waals surface area contributed by atoms with Gasteiger partial charge in [-0.1, -0.05) is 135 Å². The molecular formula is C57H38N2O2. The molecule has 9 aromatic carbocycles. The molecule has 0 aliphatic heterocycles. The molecule has 4 heteroatoms. The van der Waals surface area contributed by atoms with Crippen LogP contribution in [0.25, 0.3) is 93.6 Å². The lowest BCUT2D eigenvalue weighted by atomic mass is 9.82. The van der Waals surface area contributed by atoms with E-state index in [1.165, 1.54) is 33.0 Å². The Kier molecular flexibility index (Phi) is 7.04. The van der Waals surface area contributed by atoms with Crippen LogP contribution < -0.4 is 4.90 Å². The van der Waals surface area contributed by atoms with Gasteiger partial charge in [-0.3, -0.25) is 0 Å². The smallest absolute Gasteiger partial charge is 0.143 e. The number of anilines is 3. The van der Waals surface area contributed by atoms with E-state index in [0.717, 1.165) is 88.8 Å². The SMILES string of the molecule is CC1(C)c2ccccc2-c2ccc(N(c3ccccc3)c3ccc(-n4c5ccccc5c5c(-c6cccc7c6oc6ccccc67)c6c(cc54)oc4ccccc46)cc3)cc21. The van der Waals surface area contributed by atoms with Gasteiger partial charge in [-0.25, -0.2) is 0 Å². The molecule has 3 aromatic heterocycles. The monoisotopic (exact) mass is 782 g/mol. The van der Waals surface area contributed by atoms with Crippen LogP contribution in [0.15, 0.2) is 203 Å². The molecule has 0 amide bonds. The first-order valence-electron chi connectivity index (χ1n) is 21.0. The highest BCUT2D eigenvalue weighted by atomic mass is 16.3. The zero-order chi connectivity index (χ0) is 40.4. The predicted molar refractivity (Wildman–Crippen MR) is 253 cm³/mol. The maximum Gasteiger partial charge on any atom is 0.143 e. The van der Waals surface area contributed by atoms with E-state index in [1.54, 1.807) is 0 Å². The summed E-state index contributed by atoms with van der Waals surface area (Å²) in [6.07, 6.45) is 0. The molecule has 1 aliphatic rings. The summed E-state index contributed by atoms with van der Waals surface area (Å²) >= 11 is 0. The molecule has 3 heterocycles. The van der Waals surface area contributed by atoms with Crippen LogP contribution in [0.3, 0.4) is 0 Å². The van der Waals surface area contributed by atoms with Crippen molar-refractivity contribution in [3.63, 3.8) is 0 Å². The van der Waals surface area contributed by atoms with E-state index < -0.39 is 0 Å². The van der Waals surface area contributed by atoms with Crippen LogP contribution in [0.5, 0.6) is 0 Å². The largest absolute Gasteiger partial charge is 0.456 e. The Morgan fingerprint density at radius 1 is 0.410 bits per heavy atom. The Hall–Kier alpha value is -7.82. The standard InChI is InChI=1S/C57H38N2O2/c1-57(2)46-23-10-6-17-39(46)40-32-31-38(33-47(40)57)58(35-15-4-3-5-16-35)36-27-29-37(30-28-36)59-48-24-11-7-19-43(48)53-49(59)34-52-54(44-20-9-13-26-51(44)60-52)55(53)45-22-14-21-42-41-18-8-12-25-50(41)61-56(42)45/h3-34H,1-2H3. The fourth-order valence-corrected chi connectivity index (χ4v) is 10.4. The molecule has 0 spiro atoms. The van der Waals surface area contributed by atoms with E-state index in [2.05, 4.69) is 205 Å². The summed E-state index contributed by atoms with van der Waals surface area (Å²) in [7, 11) is 0. The normalized spacial score (nSPS) is 13.2. The van der Waals surface area contributed by atoms with Gasteiger partial charge in [-0.05, 0) is 89.0 Å². The van der Waals surface area contributed by atoms with Crippen molar-refractivity contribution in [3.05, 3.63) is 205 Å². The molecule has 13 rings (SSSR count). The van der Waals surface area contributed by atoms with Crippen LogP contribution in [0.4, 0.5) is 17.1 Å². The van der Waals surface area contributed by atoms with Crippen LogP contribution in [-0.4, -0.2) is 4.57 Å². The molecule has 61 heavy (non-hydrogen) atoms. The van der Waals surface area contributed by atoms with E-state index in [-0.39, 0.29) is 5.41 Å². The first kappa shape index (κ1) is 34.1. The lowest BCUT2D eigenvalue weighted by molar-refractivity contribution is 0.660. The molecule has 0 N–H and O–H groups in total. The number of hydrogen-bond donors (Lipinski definition) is 0. The van der Waals surface area contributed by atoms with Gasteiger partial charge in [-0.15, -0.1) is 0 Å². The molecule has 1 aliphatic carbocycles. The summed E-state index contributed by atoms with van der Waals surface area (Å²) < 4.78 is 15.9. The number of para-hydroxylation sites is 5. The quantitative estimate of drug-likeness (QED) is 0.174. The summed E-state index contributed by atoms with van der Waals surface area (Å²) in [6, 6.07) is 69.8. The zero-order valence-corrected chi connectivity index (χ0v) is 33.7. The van der Waals surface area contributed by atoms with Crippen molar-refractivity contribution in [2.45, 2.75) is 19.3 Å². The summed E-state index contributed by atoms with van der Waals surface area (Å²) in [5.41, 5.74) is 17.5. The summed E-state index contributed by atoms with van der Waals surface area (Å²) in [4.78, 5) is 2.37. The van der Waals surface area contributed by atoms with E-state index in [0.29, 0.717) is 0 Å². The Morgan fingerprint density at radius 2 is 1.03 bits per heavy atom. The minimum absolute atomic E-state index is 0.106. The third-order valence-electron chi connectivity index (χ3n) is 13.2. The third-order valence-corrected chi connectivity index (χ3v) is 13.2. The molecule has 4 nitrogen and oxygen atoms in total. The zero-order valence-electron chi connectivity index (χ0n) is 33.7. The first-order valence-corrected chi connectivity index (χ1v) is 21.0. The van der Waals surface area contributed by atoms with Crippen molar-refractivity contribution in [3.8, 4) is 27.9 Å². The summed E-state index contributed by atoms with van der Waals surface area (Å²) in [5.74, 6) is 0. The van der Waals surface area contributed by atoms with Crippen LogP contribution in [0.1, 0.15) is 25.0 Å². The van der Waals surface area contributed by atoms with Gasteiger partial charge in [0.1, 0.15) is 22.3 Å². The lowest BCUT2D eigenvalue weighted by Gasteiger charge is -2.28. The average Bonchev–Trinajstić information content (AvgIpc) is 4.03. The maximum atomic E-state index is 6.75. The second-order valence-electron chi connectivity index (χ2n) is 16.8. The van der Waals surface area contributed by atoms with Crippen LogP contribution in [0, 0.1) is 0 Å². The molecule has 288 valence electrons. The molecule has 0 radical (unpaired) electrons. The maximum absolute atomic E-state index is 6.75. The molecule has 0 saturated carbocycles. The van der Waals surface area contributed by atoms with Crippen molar-refractivity contribution < 1.29 is 8.83 Å². The minimum Gasteiger partial charge on any atom is -0.456 e. The fraction of sp³-hybridized carbons (Fsp3) is 0.0526. The van der Waals surface area contributed by atoms with Gasteiger partial charge in [0.25, 0.3) is 0 Å². The van der Waals surface area contributed by atoms with E-state index in [1.807, 2.05) is 12.1 Å². The molecule has 0 bridgehead atoms. The van der Waals surface area contributed by atoms with Crippen molar-refractivity contribution in [1.29, 1.82) is 0 Å². The van der Waals surface area contributed by atoms with Gasteiger partial charge in [0, 0.05) is 77.7 Å². The van der Waals surface area contributed by atoms with E-state index >= 15 is 0 Å². The van der Waals surface area contributed by atoms with Crippen molar-refractivity contribution in [2.75, 3.05) is 4.90 Å². The number of furan rings is 2. The van der Waals surface area contributed by atoms with Gasteiger partial charge in [0.05, 0.1) is 11.0 Å².